The average Bonchev–Trinajstić information content (AvgIpc) is 2.55. The fourth-order valence-corrected chi connectivity index (χ4v) is 3.39. The minimum atomic E-state index is -0.0938. The van der Waals surface area contributed by atoms with Crippen molar-refractivity contribution in [3.63, 3.8) is 0 Å². The molecule has 0 radical (unpaired) electrons. The van der Waals surface area contributed by atoms with Crippen LogP contribution in [-0.4, -0.2) is 9.97 Å². The van der Waals surface area contributed by atoms with Crippen LogP contribution < -0.4 is 5.56 Å². The van der Waals surface area contributed by atoms with E-state index in [4.69, 9.17) is 0 Å². The van der Waals surface area contributed by atoms with Gasteiger partial charge in [-0.05, 0) is 67.4 Å². The maximum atomic E-state index is 11.6. The highest BCUT2D eigenvalue weighted by atomic mass is 127. The molecule has 2 heterocycles. The van der Waals surface area contributed by atoms with Gasteiger partial charge in [-0.15, -0.1) is 11.3 Å². The number of aromatic nitrogens is 2. The molecule has 0 bridgehead atoms. The van der Waals surface area contributed by atoms with Crippen LogP contribution in [0.4, 0.5) is 0 Å². The normalized spacial score (nSPS) is 10.8. The number of hydrogen-bond acceptors (Lipinski definition) is 3. The molecule has 0 spiro atoms. The summed E-state index contributed by atoms with van der Waals surface area (Å²) in [5.74, 6) is 0.610. The Morgan fingerprint density at radius 3 is 2.69 bits per heavy atom. The van der Waals surface area contributed by atoms with Gasteiger partial charge in [0, 0.05) is 4.47 Å². The van der Waals surface area contributed by atoms with Crippen LogP contribution in [0.3, 0.4) is 0 Å². The summed E-state index contributed by atoms with van der Waals surface area (Å²) < 4.78 is 2.59. The molecule has 2 rings (SSSR count). The number of nitrogens with zero attached hydrogens (tertiary/aromatic N) is 1. The zero-order valence-electron chi connectivity index (χ0n) is 7.97. The maximum absolute atomic E-state index is 11.6. The van der Waals surface area contributed by atoms with E-state index in [0.29, 0.717) is 9.39 Å². The van der Waals surface area contributed by atoms with E-state index in [1.54, 1.807) is 0 Å². The number of nitrogens with one attached hydrogen (secondary N) is 1. The largest absolute Gasteiger partial charge is 0.305 e. The third-order valence-electron chi connectivity index (χ3n) is 1.91. The molecular weight excluding hydrogens is 471 g/mol. The Morgan fingerprint density at radius 1 is 1.50 bits per heavy atom. The third kappa shape index (κ3) is 2.41. The van der Waals surface area contributed by atoms with E-state index < -0.39 is 0 Å². The van der Waals surface area contributed by atoms with Crippen LogP contribution in [0.1, 0.15) is 5.69 Å². The number of rotatable bonds is 1. The van der Waals surface area contributed by atoms with Crippen molar-refractivity contribution in [2.45, 2.75) is 6.92 Å². The summed E-state index contributed by atoms with van der Waals surface area (Å²) in [5, 5.41) is 0. The molecule has 0 aromatic carbocycles. The molecule has 0 unspecified atom stereocenters. The summed E-state index contributed by atoms with van der Waals surface area (Å²) in [7, 11) is 0. The molecule has 0 saturated carbocycles. The lowest BCUT2D eigenvalue weighted by Gasteiger charge is -2.00. The van der Waals surface area contributed by atoms with Gasteiger partial charge in [0.15, 0.2) is 5.82 Å². The number of thiophene rings is 1. The Bertz CT molecular complexity index is 589. The molecule has 0 amide bonds. The molecule has 0 aliphatic carbocycles. The van der Waals surface area contributed by atoms with Gasteiger partial charge in [0.05, 0.1) is 17.9 Å². The van der Waals surface area contributed by atoms with Gasteiger partial charge in [-0.25, -0.2) is 4.98 Å². The lowest BCUT2D eigenvalue weighted by atomic mass is 10.4. The van der Waals surface area contributed by atoms with Crippen LogP contribution in [0.5, 0.6) is 0 Å². The number of halogens is 3. The smallest absolute Gasteiger partial charge is 0.264 e. The van der Waals surface area contributed by atoms with Crippen LogP contribution in [0.2, 0.25) is 0 Å². The van der Waals surface area contributed by atoms with Crippen molar-refractivity contribution in [1.82, 2.24) is 9.97 Å². The van der Waals surface area contributed by atoms with Crippen molar-refractivity contribution >= 4 is 65.8 Å². The first-order valence-corrected chi connectivity index (χ1v) is 7.69. The summed E-state index contributed by atoms with van der Waals surface area (Å²) in [4.78, 5) is 19.7. The molecule has 0 aliphatic rings. The summed E-state index contributed by atoms with van der Waals surface area (Å²) in [6, 6.07) is 1.93. The number of aromatic amines is 1. The van der Waals surface area contributed by atoms with Gasteiger partial charge >= 0.3 is 0 Å². The minimum absolute atomic E-state index is 0.0938. The van der Waals surface area contributed by atoms with Crippen molar-refractivity contribution < 1.29 is 0 Å². The van der Waals surface area contributed by atoms with Crippen molar-refractivity contribution in [3.8, 4) is 10.7 Å². The molecule has 84 valence electrons. The van der Waals surface area contributed by atoms with E-state index in [1.807, 2.05) is 35.6 Å². The second-order valence-electron chi connectivity index (χ2n) is 3.05. The van der Waals surface area contributed by atoms with Crippen LogP contribution in [0.15, 0.2) is 19.1 Å². The second kappa shape index (κ2) is 4.87. The average molecular weight is 476 g/mol. The summed E-state index contributed by atoms with van der Waals surface area (Å²) >= 11 is 10.3. The molecule has 2 aromatic heterocycles. The van der Waals surface area contributed by atoms with E-state index in [9.17, 15) is 4.79 Å². The Kier molecular flexibility index (Phi) is 3.87. The van der Waals surface area contributed by atoms with Gasteiger partial charge < -0.3 is 4.98 Å². The molecule has 0 fully saturated rings. The van der Waals surface area contributed by atoms with E-state index in [-0.39, 0.29) is 5.56 Å². The van der Waals surface area contributed by atoms with Gasteiger partial charge in [-0.2, -0.15) is 0 Å². The molecule has 7 heteroatoms. The van der Waals surface area contributed by atoms with Gasteiger partial charge in [0.2, 0.25) is 0 Å². The quantitative estimate of drug-likeness (QED) is 0.635. The van der Waals surface area contributed by atoms with Crippen molar-refractivity contribution in [3.05, 3.63) is 33.9 Å². The first-order valence-electron chi connectivity index (χ1n) is 4.20. The molecular formula is C9H5Br2IN2OS. The number of H-pyrrole nitrogens is 1. The Balaban J connectivity index is 2.61. The standard InChI is InChI=1S/C9H5Br2IN2OS/c1-3-6(12)9(15)14-8(13-3)5-2-4(10)7(11)16-5/h2H,1H3,(H,13,14,15). The van der Waals surface area contributed by atoms with Crippen LogP contribution in [-0.2, 0) is 0 Å². The number of aryl methyl sites for hydroxylation is 1. The Hall–Kier alpha value is 0.270. The van der Waals surface area contributed by atoms with Crippen LogP contribution in [0, 0.1) is 10.5 Å². The van der Waals surface area contributed by atoms with Gasteiger partial charge in [-0.3, -0.25) is 4.79 Å². The lowest BCUT2D eigenvalue weighted by Crippen LogP contribution is -2.14. The maximum Gasteiger partial charge on any atom is 0.264 e. The highest BCUT2D eigenvalue weighted by Gasteiger charge is 2.11. The van der Waals surface area contributed by atoms with Gasteiger partial charge in [-0.1, -0.05) is 0 Å². The monoisotopic (exact) mass is 474 g/mol. The molecule has 2 aromatic rings. The predicted octanol–water partition coefficient (Wildman–Crippen LogP) is 3.94. The molecule has 3 nitrogen and oxygen atoms in total. The fraction of sp³-hybridized carbons (Fsp3) is 0.111. The van der Waals surface area contributed by atoms with Crippen molar-refractivity contribution in [2.75, 3.05) is 0 Å². The van der Waals surface area contributed by atoms with Crippen LogP contribution in [0.25, 0.3) is 10.7 Å². The fourth-order valence-electron chi connectivity index (χ4n) is 1.15. The van der Waals surface area contributed by atoms with Crippen molar-refractivity contribution in [1.29, 1.82) is 0 Å². The van der Waals surface area contributed by atoms with E-state index in [0.717, 1.165) is 18.8 Å². The lowest BCUT2D eigenvalue weighted by molar-refractivity contribution is 1.06. The summed E-state index contributed by atoms with van der Waals surface area (Å²) in [6.07, 6.45) is 0. The van der Waals surface area contributed by atoms with Crippen LogP contribution >= 0.6 is 65.8 Å². The van der Waals surface area contributed by atoms with E-state index in [1.165, 1.54) is 11.3 Å². The van der Waals surface area contributed by atoms with Gasteiger partial charge in [0.1, 0.15) is 0 Å². The molecule has 1 N–H and O–H groups in total. The first kappa shape index (κ1) is 12.7. The second-order valence-corrected chi connectivity index (χ2v) is 7.35. The number of hydrogen-bond donors (Lipinski definition) is 1. The molecule has 0 aliphatic heterocycles. The predicted molar refractivity (Wildman–Crippen MR) is 81.0 cm³/mol. The SMILES string of the molecule is Cc1nc(-c2cc(Br)c(Br)s2)[nH]c(=O)c1I. The third-order valence-corrected chi connectivity index (χ3v) is 6.44. The Labute approximate surface area is 126 Å². The molecule has 0 saturated heterocycles. The highest BCUT2D eigenvalue weighted by molar-refractivity contribution is 14.1. The van der Waals surface area contributed by atoms with Gasteiger partial charge in [0.25, 0.3) is 5.56 Å². The summed E-state index contributed by atoms with van der Waals surface area (Å²) in [5.41, 5.74) is 0.656. The van der Waals surface area contributed by atoms with E-state index >= 15 is 0 Å². The first-order chi connectivity index (χ1) is 7.49. The zero-order chi connectivity index (χ0) is 11.9. The molecule has 16 heavy (non-hydrogen) atoms. The summed E-state index contributed by atoms with van der Waals surface area (Å²) in [6.45, 7) is 1.83. The minimum Gasteiger partial charge on any atom is -0.305 e. The van der Waals surface area contributed by atoms with Crippen molar-refractivity contribution in [2.24, 2.45) is 0 Å². The zero-order valence-corrected chi connectivity index (χ0v) is 14.1. The topological polar surface area (TPSA) is 45.8 Å². The Morgan fingerprint density at radius 2 is 2.19 bits per heavy atom. The molecule has 0 atom stereocenters. The van der Waals surface area contributed by atoms with E-state index in [2.05, 4.69) is 41.8 Å². The highest BCUT2D eigenvalue weighted by Crippen LogP contribution is 2.36.